The fraction of sp³-hybridized carbons (Fsp3) is 0.562. The van der Waals surface area contributed by atoms with Crippen LogP contribution in [-0.2, 0) is 11.3 Å². The molecule has 0 spiro atoms. The van der Waals surface area contributed by atoms with E-state index in [9.17, 15) is 4.79 Å². The van der Waals surface area contributed by atoms with Crippen LogP contribution in [0.4, 0.5) is 4.79 Å². The Morgan fingerprint density at radius 1 is 1.32 bits per heavy atom. The lowest BCUT2D eigenvalue weighted by molar-refractivity contribution is 0.0531. The van der Waals surface area contributed by atoms with Gasteiger partial charge in [0.05, 0.1) is 26.9 Å². The molecule has 0 aromatic heterocycles. The van der Waals surface area contributed by atoms with Gasteiger partial charge in [0, 0.05) is 19.6 Å². The molecule has 1 aromatic rings. The van der Waals surface area contributed by atoms with Crippen LogP contribution in [0.3, 0.4) is 0 Å². The van der Waals surface area contributed by atoms with Gasteiger partial charge in [-0.3, -0.25) is 0 Å². The van der Waals surface area contributed by atoms with Gasteiger partial charge in [-0.05, 0) is 24.1 Å². The second kappa shape index (κ2) is 8.48. The molecule has 1 aliphatic rings. The smallest absolute Gasteiger partial charge is 0.317 e. The predicted molar refractivity (Wildman–Crippen MR) is 83.4 cm³/mol. The van der Waals surface area contributed by atoms with Crippen LogP contribution >= 0.6 is 0 Å². The van der Waals surface area contributed by atoms with Crippen molar-refractivity contribution in [1.82, 2.24) is 10.2 Å². The van der Waals surface area contributed by atoms with Crippen molar-refractivity contribution < 1.29 is 19.0 Å². The number of nitrogens with one attached hydrogen (secondary N) is 1. The summed E-state index contributed by atoms with van der Waals surface area (Å²) in [6.07, 6.45) is 0.945. The maximum atomic E-state index is 12.0. The van der Waals surface area contributed by atoms with Gasteiger partial charge in [-0.15, -0.1) is 0 Å². The lowest BCUT2D eigenvalue weighted by Gasteiger charge is -2.27. The highest BCUT2D eigenvalue weighted by molar-refractivity contribution is 5.74. The molecule has 6 heteroatoms. The van der Waals surface area contributed by atoms with E-state index in [1.165, 1.54) is 0 Å². The standard InChI is InChI=1S/C16H24N2O4/c1-3-8-22-14-5-4-13(11-15(14)20-2)12-17-16(19)18-6-9-21-10-7-18/h4-5,11H,3,6-10,12H2,1-2H3,(H,17,19). The summed E-state index contributed by atoms with van der Waals surface area (Å²) < 4.78 is 16.2. The van der Waals surface area contributed by atoms with E-state index >= 15 is 0 Å². The highest BCUT2D eigenvalue weighted by atomic mass is 16.5. The number of hydrogen-bond donors (Lipinski definition) is 1. The zero-order chi connectivity index (χ0) is 15.8. The first-order valence-corrected chi connectivity index (χ1v) is 7.64. The summed E-state index contributed by atoms with van der Waals surface area (Å²) in [4.78, 5) is 13.8. The second-order valence-electron chi connectivity index (χ2n) is 5.09. The van der Waals surface area contributed by atoms with E-state index in [1.807, 2.05) is 18.2 Å². The van der Waals surface area contributed by atoms with E-state index < -0.39 is 0 Å². The van der Waals surface area contributed by atoms with E-state index in [0.29, 0.717) is 45.2 Å². The molecule has 0 bridgehead atoms. The molecule has 2 amide bonds. The number of carbonyl (C=O) groups is 1. The van der Waals surface area contributed by atoms with Crippen LogP contribution in [0.5, 0.6) is 11.5 Å². The molecule has 2 rings (SSSR count). The van der Waals surface area contributed by atoms with Crippen molar-refractivity contribution in [3.8, 4) is 11.5 Å². The number of carbonyl (C=O) groups excluding carboxylic acids is 1. The number of amides is 2. The fourth-order valence-corrected chi connectivity index (χ4v) is 2.21. The summed E-state index contributed by atoms with van der Waals surface area (Å²) in [5.74, 6) is 1.42. The van der Waals surface area contributed by atoms with E-state index in [4.69, 9.17) is 14.2 Å². The Bertz CT molecular complexity index is 487. The van der Waals surface area contributed by atoms with Crippen LogP contribution in [0, 0.1) is 0 Å². The maximum absolute atomic E-state index is 12.0. The third-order valence-corrected chi connectivity index (χ3v) is 3.43. The molecular formula is C16H24N2O4. The fourth-order valence-electron chi connectivity index (χ4n) is 2.21. The van der Waals surface area contributed by atoms with Gasteiger partial charge in [0.25, 0.3) is 0 Å². The van der Waals surface area contributed by atoms with Crippen molar-refractivity contribution in [2.75, 3.05) is 40.0 Å². The van der Waals surface area contributed by atoms with Crippen molar-refractivity contribution in [3.05, 3.63) is 23.8 Å². The molecule has 6 nitrogen and oxygen atoms in total. The predicted octanol–water partition coefficient (Wildman–Crippen LogP) is 2.03. The quantitative estimate of drug-likeness (QED) is 0.873. The third kappa shape index (κ3) is 4.53. The minimum absolute atomic E-state index is 0.0615. The van der Waals surface area contributed by atoms with Crippen LogP contribution in [0.2, 0.25) is 0 Å². The van der Waals surface area contributed by atoms with Gasteiger partial charge in [0.2, 0.25) is 0 Å². The maximum Gasteiger partial charge on any atom is 0.317 e. The number of ether oxygens (including phenoxy) is 3. The van der Waals surface area contributed by atoms with Gasteiger partial charge in [0.1, 0.15) is 0 Å². The minimum atomic E-state index is -0.0615. The van der Waals surface area contributed by atoms with Gasteiger partial charge in [-0.1, -0.05) is 13.0 Å². The number of methoxy groups -OCH3 is 1. The van der Waals surface area contributed by atoms with Crippen LogP contribution in [-0.4, -0.2) is 51.0 Å². The third-order valence-electron chi connectivity index (χ3n) is 3.43. The Kier molecular flexibility index (Phi) is 6.33. The van der Waals surface area contributed by atoms with Crippen molar-refractivity contribution >= 4 is 6.03 Å². The zero-order valence-electron chi connectivity index (χ0n) is 13.3. The summed E-state index contributed by atoms with van der Waals surface area (Å²) in [6, 6.07) is 5.65. The number of urea groups is 1. The first kappa shape index (κ1) is 16.4. The highest BCUT2D eigenvalue weighted by Gasteiger charge is 2.16. The van der Waals surface area contributed by atoms with Crippen LogP contribution < -0.4 is 14.8 Å². The molecule has 22 heavy (non-hydrogen) atoms. The molecule has 0 radical (unpaired) electrons. The molecule has 1 fully saturated rings. The zero-order valence-corrected chi connectivity index (χ0v) is 13.3. The average Bonchev–Trinajstić information content (AvgIpc) is 2.58. The van der Waals surface area contributed by atoms with Crippen molar-refractivity contribution in [1.29, 1.82) is 0 Å². The Labute approximate surface area is 131 Å². The minimum Gasteiger partial charge on any atom is -0.493 e. The van der Waals surface area contributed by atoms with Crippen LogP contribution in [0.15, 0.2) is 18.2 Å². The normalized spacial score (nSPS) is 14.5. The topological polar surface area (TPSA) is 60.0 Å². The molecule has 0 saturated carbocycles. The molecule has 0 unspecified atom stereocenters. The first-order chi connectivity index (χ1) is 10.7. The Morgan fingerprint density at radius 3 is 2.77 bits per heavy atom. The summed E-state index contributed by atoms with van der Waals surface area (Å²) in [7, 11) is 1.62. The first-order valence-electron chi connectivity index (χ1n) is 7.64. The highest BCUT2D eigenvalue weighted by Crippen LogP contribution is 2.28. The van der Waals surface area contributed by atoms with Crippen LogP contribution in [0.1, 0.15) is 18.9 Å². The number of morpholine rings is 1. The summed E-state index contributed by atoms with van der Waals surface area (Å²) >= 11 is 0. The van der Waals surface area contributed by atoms with E-state index in [0.717, 1.165) is 17.7 Å². The molecule has 1 N–H and O–H groups in total. The number of benzene rings is 1. The molecular weight excluding hydrogens is 284 g/mol. The van der Waals surface area contributed by atoms with E-state index in [1.54, 1.807) is 12.0 Å². The second-order valence-corrected chi connectivity index (χ2v) is 5.09. The average molecular weight is 308 g/mol. The molecule has 1 saturated heterocycles. The van der Waals surface area contributed by atoms with E-state index in [2.05, 4.69) is 12.2 Å². The van der Waals surface area contributed by atoms with Crippen molar-refractivity contribution in [2.24, 2.45) is 0 Å². The summed E-state index contributed by atoms with van der Waals surface area (Å²) in [5, 5.41) is 2.92. The Balaban J connectivity index is 1.90. The van der Waals surface area contributed by atoms with Crippen molar-refractivity contribution in [2.45, 2.75) is 19.9 Å². The molecule has 122 valence electrons. The monoisotopic (exact) mass is 308 g/mol. The largest absolute Gasteiger partial charge is 0.493 e. The molecule has 1 heterocycles. The van der Waals surface area contributed by atoms with Gasteiger partial charge in [-0.25, -0.2) is 4.79 Å². The SMILES string of the molecule is CCCOc1ccc(CNC(=O)N2CCOCC2)cc1OC. The Hall–Kier alpha value is -1.95. The van der Waals surface area contributed by atoms with Gasteiger partial charge >= 0.3 is 6.03 Å². The van der Waals surface area contributed by atoms with Gasteiger partial charge < -0.3 is 24.4 Å². The van der Waals surface area contributed by atoms with E-state index in [-0.39, 0.29) is 6.03 Å². The van der Waals surface area contributed by atoms with Crippen LogP contribution in [0.25, 0.3) is 0 Å². The van der Waals surface area contributed by atoms with Gasteiger partial charge in [-0.2, -0.15) is 0 Å². The Morgan fingerprint density at radius 2 is 2.09 bits per heavy atom. The summed E-state index contributed by atoms with van der Waals surface area (Å²) in [6.45, 7) is 5.65. The lowest BCUT2D eigenvalue weighted by Crippen LogP contribution is -2.45. The van der Waals surface area contributed by atoms with Crippen molar-refractivity contribution in [3.63, 3.8) is 0 Å². The summed E-state index contributed by atoms with van der Waals surface area (Å²) in [5.41, 5.74) is 0.974. The molecule has 1 aliphatic heterocycles. The van der Waals surface area contributed by atoms with Gasteiger partial charge in [0.15, 0.2) is 11.5 Å². The molecule has 1 aromatic carbocycles. The molecule has 0 atom stereocenters. The lowest BCUT2D eigenvalue weighted by atomic mass is 10.2. The molecule has 0 aliphatic carbocycles. The number of hydrogen-bond acceptors (Lipinski definition) is 4. The number of rotatable bonds is 6. The number of nitrogens with zero attached hydrogens (tertiary/aromatic N) is 1.